The van der Waals surface area contributed by atoms with Crippen molar-refractivity contribution in [3.8, 4) is 16.8 Å². The van der Waals surface area contributed by atoms with Gasteiger partial charge in [-0.15, -0.1) is 0 Å². The highest BCUT2D eigenvalue weighted by Crippen LogP contribution is 2.47. The quantitative estimate of drug-likeness (QED) is 0.243. The molecule has 0 amide bonds. The molecular weight excluding hydrogens is 481 g/mol. The minimum Gasteiger partial charge on any atom is -0.323 e. The van der Waals surface area contributed by atoms with Crippen molar-refractivity contribution in [3.05, 3.63) is 150 Å². The molecule has 3 nitrogen and oxygen atoms in total. The number of pyridine rings is 1. The molecule has 1 unspecified atom stereocenters. The fraction of sp³-hybridized carbons (Fsp3) is 0.171. The van der Waals surface area contributed by atoms with E-state index < -0.39 is 0 Å². The molecule has 2 aromatic heterocycles. The van der Waals surface area contributed by atoms with Crippen LogP contribution in [0, 0.1) is 5.82 Å². The summed E-state index contributed by atoms with van der Waals surface area (Å²) in [5.74, 6) is -0.225. The molecule has 0 radical (unpaired) electrons. The number of aromatic nitrogens is 2. The van der Waals surface area contributed by atoms with Gasteiger partial charge in [-0.3, -0.25) is 9.88 Å². The van der Waals surface area contributed by atoms with Gasteiger partial charge in [-0.1, -0.05) is 66.7 Å². The second-order valence-corrected chi connectivity index (χ2v) is 10.7. The molecule has 4 heteroatoms. The van der Waals surface area contributed by atoms with Gasteiger partial charge in [0.1, 0.15) is 5.82 Å². The zero-order valence-corrected chi connectivity index (χ0v) is 21.7. The summed E-state index contributed by atoms with van der Waals surface area (Å²) < 4.78 is 15.8. The molecule has 1 fully saturated rings. The van der Waals surface area contributed by atoms with Gasteiger partial charge in [0.25, 0.3) is 0 Å². The number of benzene rings is 3. The molecule has 2 aliphatic heterocycles. The van der Waals surface area contributed by atoms with Crippen molar-refractivity contribution in [2.75, 3.05) is 13.1 Å². The molecule has 2 aliphatic rings. The van der Waals surface area contributed by atoms with Crippen LogP contribution in [-0.2, 0) is 5.41 Å². The Bertz CT molecular complexity index is 1570. The number of halogens is 1. The predicted molar refractivity (Wildman–Crippen MR) is 155 cm³/mol. The summed E-state index contributed by atoms with van der Waals surface area (Å²) >= 11 is 0. The molecule has 5 aromatic rings. The van der Waals surface area contributed by atoms with Gasteiger partial charge in [0.15, 0.2) is 0 Å². The number of nitrogens with zero attached hydrogens (tertiary/aromatic N) is 3. The summed E-state index contributed by atoms with van der Waals surface area (Å²) in [6.07, 6.45) is 12.6. The maximum Gasteiger partial charge on any atom is 0.123 e. The van der Waals surface area contributed by atoms with Crippen molar-refractivity contribution in [2.45, 2.75) is 24.3 Å². The Hall–Kier alpha value is -4.28. The summed E-state index contributed by atoms with van der Waals surface area (Å²) in [6.45, 7) is 2.04. The van der Waals surface area contributed by atoms with Crippen LogP contribution >= 0.6 is 0 Å². The summed E-state index contributed by atoms with van der Waals surface area (Å²) in [5.41, 5.74) is 8.62. The molecule has 1 atom stereocenters. The molecule has 7 rings (SSSR count). The number of rotatable bonds is 5. The summed E-state index contributed by atoms with van der Waals surface area (Å²) in [7, 11) is 0. The third-order valence-corrected chi connectivity index (χ3v) is 8.50. The van der Waals surface area contributed by atoms with Crippen LogP contribution in [-0.4, -0.2) is 33.6 Å². The second-order valence-electron chi connectivity index (χ2n) is 10.7. The first-order valence-corrected chi connectivity index (χ1v) is 13.6. The fourth-order valence-corrected chi connectivity index (χ4v) is 6.56. The van der Waals surface area contributed by atoms with E-state index in [1.807, 2.05) is 24.5 Å². The average Bonchev–Trinajstić information content (AvgIpc) is 3.62. The molecule has 0 N–H and O–H groups in total. The third kappa shape index (κ3) is 4.31. The first kappa shape index (κ1) is 23.8. The lowest BCUT2D eigenvalue weighted by Crippen LogP contribution is -2.35. The minimum atomic E-state index is -0.225. The molecule has 39 heavy (non-hydrogen) atoms. The van der Waals surface area contributed by atoms with E-state index in [1.165, 1.54) is 40.0 Å². The van der Waals surface area contributed by atoms with Crippen LogP contribution < -0.4 is 0 Å². The zero-order chi connectivity index (χ0) is 26.2. The molecule has 3 aromatic carbocycles. The summed E-state index contributed by atoms with van der Waals surface area (Å²) in [5, 5.41) is 0. The van der Waals surface area contributed by atoms with Crippen LogP contribution in [0.4, 0.5) is 4.39 Å². The van der Waals surface area contributed by atoms with E-state index in [2.05, 4.69) is 106 Å². The molecular formula is C35H30FN3. The van der Waals surface area contributed by atoms with Gasteiger partial charge >= 0.3 is 0 Å². The van der Waals surface area contributed by atoms with Crippen LogP contribution in [0.2, 0.25) is 0 Å². The SMILES string of the molecule is Fc1ccc(-n2cc(C3=CC4CC(c5ccccc5)(c5ccccc5)CN4CC3)c(-c3ccncc3)c2)cc1. The molecule has 0 bridgehead atoms. The number of fused-ring (bicyclic) bond motifs is 1. The van der Waals surface area contributed by atoms with Gasteiger partial charge < -0.3 is 4.57 Å². The van der Waals surface area contributed by atoms with Gasteiger partial charge in [-0.25, -0.2) is 4.39 Å². The standard InChI is InChI=1S/C35H30FN3/c36-30-11-13-31(14-12-30)39-23-33(26-15-18-37-19-16-26)34(24-39)27-17-20-38-25-35(22-32(38)21-27,28-7-3-1-4-8-28)29-9-5-2-6-10-29/h1-16,18-19,21,23-24,32H,17,20,22,25H2. The highest BCUT2D eigenvalue weighted by molar-refractivity contribution is 5.82. The van der Waals surface area contributed by atoms with Crippen molar-refractivity contribution in [1.29, 1.82) is 0 Å². The van der Waals surface area contributed by atoms with Crippen LogP contribution in [0.15, 0.2) is 128 Å². The Morgan fingerprint density at radius 2 is 1.38 bits per heavy atom. The number of hydrogen-bond donors (Lipinski definition) is 0. The molecule has 0 saturated carbocycles. The number of hydrogen-bond acceptors (Lipinski definition) is 2. The van der Waals surface area contributed by atoms with Gasteiger partial charge in [0.2, 0.25) is 0 Å². The fourth-order valence-electron chi connectivity index (χ4n) is 6.56. The van der Waals surface area contributed by atoms with Crippen molar-refractivity contribution < 1.29 is 4.39 Å². The zero-order valence-electron chi connectivity index (χ0n) is 21.7. The van der Waals surface area contributed by atoms with Gasteiger partial charge in [-0.2, -0.15) is 0 Å². The predicted octanol–water partition coefficient (Wildman–Crippen LogP) is 7.53. The first-order chi connectivity index (χ1) is 19.2. The molecule has 192 valence electrons. The Morgan fingerprint density at radius 1 is 0.744 bits per heavy atom. The largest absolute Gasteiger partial charge is 0.323 e. The van der Waals surface area contributed by atoms with E-state index >= 15 is 0 Å². The Balaban J connectivity index is 1.30. The van der Waals surface area contributed by atoms with E-state index in [1.54, 1.807) is 0 Å². The molecule has 0 aliphatic carbocycles. The monoisotopic (exact) mass is 511 g/mol. The van der Waals surface area contributed by atoms with Crippen LogP contribution in [0.3, 0.4) is 0 Å². The second kappa shape index (κ2) is 9.79. The average molecular weight is 512 g/mol. The van der Waals surface area contributed by atoms with E-state index in [-0.39, 0.29) is 11.2 Å². The first-order valence-electron chi connectivity index (χ1n) is 13.6. The minimum absolute atomic E-state index is 0.0346. The highest BCUT2D eigenvalue weighted by atomic mass is 19.1. The van der Waals surface area contributed by atoms with E-state index in [0.717, 1.165) is 37.2 Å². The molecule has 0 spiro atoms. The Labute approximate surface area is 228 Å². The topological polar surface area (TPSA) is 21.1 Å². The van der Waals surface area contributed by atoms with Gasteiger partial charge in [0, 0.05) is 66.1 Å². The van der Waals surface area contributed by atoms with Gasteiger partial charge in [-0.05, 0) is 71.5 Å². The lowest BCUT2D eigenvalue weighted by atomic mass is 9.73. The Kier molecular flexibility index (Phi) is 5.98. The maximum atomic E-state index is 13.6. The van der Waals surface area contributed by atoms with Crippen LogP contribution in [0.25, 0.3) is 22.4 Å². The van der Waals surface area contributed by atoms with Crippen LogP contribution in [0.5, 0.6) is 0 Å². The van der Waals surface area contributed by atoms with Crippen molar-refractivity contribution >= 4 is 5.57 Å². The van der Waals surface area contributed by atoms with Crippen molar-refractivity contribution in [1.82, 2.24) is 14.5 Å². The van der Waals surface area contributed by atoms with Crippen molar-refractivity contribution in [3.63, 3.8) is 0 Å². The van der Waals surface area contributed by atoms with Gasteiger partial charge in [0.05, 0.1) is 0 Å². The van der Waals surface area contributed by atoms with E-state index in [0.29, 0.717) is 6.04 Å². The summed E-state index contributed by atoms with van der Waals surface area (Å²) in [6, 6.07) is 33.2. The lowest BCUT2D eigenvalue weighted by molar-refractivity contribution is 0.280. The normalized spacial score (nSPS) is 18.5. The maximum absolute atomic E-state index is 13.6. The van der Waals surface area contributed by atoms with E-state index in [4.69, 9.17) is 0 Å². The smallest absolute Gasteiger partial charge is 0.123 e. The van der Waals surface area contributed by atoms with Crippen LogP contribution in [0.1, 0.15) is 29.5 Å². The lowest BCUT2D eigenvalue weighted by Gasteiger charge is -2.31. The van der Waals surface area contributed by atoms with Crippen molar-refractivity contribution in [2.24, 2.45) is 0 Å². The summed E-state index contributed by atoms with van der Waals surface area (Å²) in [4.78, 5) is 6.89. The third-order valence-electron chi connectivity index (χ3n) is 8.50. The Morgan fingerprint density at radius 3 is 2.05 bits per heavy atom. The highest BCUT2D eigenvalue weighted by Gasteiger charge is 2.46. The molecule has 1 saturated heterocycles. The van der Waals surface area contributed by atoms with E-state index in [9.17, 15) is 4.39 Å². The molecule has 4 heterocycles.